The van der Waals surface area contributed by atoms with Gasteiger partial charge in [0.25, 0.3) is 0 Å². The predicted molar refractivity (Wildman–Crippen MR) is 137 cm³/mol. The van der Waals surface area contributed by atoms with Gasteiger partial charge in [-0.05, 0) is 78.9 Å². The third-order valence-corrected chi connectivity index (χ3v) is 8.59. The molecule has 0 aromatic heterocycles. The Morgan fingerprint density at radius 3 is 1.97 bits per heavy atom. The molecular formula is C31H42F2O. The van der Waals surface area contributed by atoms with Crippen LogP contribution >= 0.6 is 0 Å². The van der Waals surface area contributed by atoms with E-state index in [1.165, 1.54) is 69.8 Å². The molecule has 4 rings (SSSR count). The minimum absolute atomic E-state index is 0.372. The summed E-state index contributed by atoms with van der Waals surface area (Å²) < 4.78 is 35.3. The molecule has 0 aliphatic heterocycles. The third kappa shape index (κ3) is 6.27. The van der Waals surface area contributed by atoms with Gasteiger partial charge in [-0.25, -0.2) is 8.78 Å². The Balaban J connectivity index is 1.34. The Morgan fingerprint density at radius 1 is 0.735 bits per heavy atom. The smallest absolute Gasteiger partial charge is 0.166 e. The van der Waals surface area contributed by atoms with Gasteiger partial charge in [-0.3, -0.25) is 0 Å². The molecule has 2 aromatic carbocycles. The van der Waals surface area contributed by atoms with Gasteiger partial charge in [0.05, 0.1) is 0 Å². The van der Waals surface area contributed by atoms with Crippen LogP contribution in [0.4, 0.5) is 8.78 Å². The van der Waals surface area contributed by atoms with Gasteiger partial charge in [0.15, 0.2) is 11.6 Å². The van der Waals surface area contributed by atoms with Crippen molar-refractivity contribution in [1.29, 1.82) is 0 Å². The van der Waals surface area contributed by atoms with Crippen LogP contribution in [0.2, 0.25) is 0 Å². The molecule has 2 fully saturated rings. The lowest BCUT2D eigenvalue weighted by atomic mass is 9.78. The molecule has 0 radical (unpaired) electrons. The first kappa shape index (κ1) is 25.4. The van der Waals surface area contributed by atoms with Crippen LogP contribution in [0.15, 0.2) is 36.4 Å². The lowest BCUT2D eigenvalue weighted by Gasteiger charge is -2.28. The van der Waals surface area contributed by atoms with Crippen molar-refractivity contribution < 1.29 is 13.5 Å². The molecule has 0 amide bonds. The number of rotatable bonds is 9. The summed E-state index contributed by atoms with van der Waals surface area (Å²) in [6.45, 7) is 3.11. The Morgan fingerprint density at radius 2 is 1.35 bits per heavy atom. The maximum Gasteiger partial charge on any atom is 0.166 e. The topological polar surface area (TPSA) is 9.23 Å². The van der Waals surface area contributed by atoms with Gasteiger partial charge in [-0.1, -0.05) is 81.8 Å². The lowest BCUT2D eigenvalue weighted by molar-refractivity contribution is 0.127. The molecule has 2 aliphatic rings. The summed E-state index contributed by atoms with van der Waals surface area (Å²) in [7, 11) is 1.78. The Bertz CT molecular complexity index is 890. The summed E-state index contributed by atoms with van der Waals surface area (Å²) in [5.74, 6) is 1.42. The molecular weight excluding hydrogens is 426 g/mol. The fraction of sp³-hybridized carbons (Fsp3) is 0.613. The lowest BCUT2D eigenvalue weighted by Crippen LogP contribution is -2.17. The minimum Gasteiger partial charge on any atom is -0.384 e. The SMILES string of the molecule is CCCC1CCC(CCc2ccc(-c3ccc(C4CCC(COC)CC4)cc3)c(F)c2F)CC1. The number of hydrogen-bond acceptors (Lipinski definition) is 1. The molecule has 3 heteroatoms. The number of benzene rings is 2. The van der Waals surface area contributed by atoms with E-state index in [9.17, 15) is 4.39 Å². The van der Waals surface area contributed by atoms with Crippen LogP contribution in [0.1, 0.15) is 94.6 Å². The summed E-state index contributed by atoms with van der Waals surface area (Å²) in [5, 5.41) is 0. The summed E-state index contributed by atoms with van der Waals surface area (Å²) in [4.78, 5) is 0. The van der Waals surface area contributed by atoms with Crippen LogP contribution in [0, 0.1) is 29.4 Å². The van der Waals surface area contributed by atoms with Crippen LogP contribution in [-0.2, 0) is 11.2 Å². The van der Waals surface area contributed by atoms with E-state index in [4.69, 9.17) is 4.74 Å². The zero-order valence-corrected chi connectivity index (χ0v) is 21.1. The second-order valence-electron chi connectivity index (χ2n) is 10.9. The van der Waals surface area contributed by atoms with Crippen LogP contribution in [0.5, 0.6) is 0 Å². The quantitative estimate of drug-likeness (QED) is 0.356. The maximum atomic E-state index is 15.0. The van der Waals surface area contributed by atoms with E-state index in [0.717, 1.165) is 24.5 Å². The summed E-state index contributed by atoms with van der Waals surface area (Å²) >= 11 is 0. The molecule has 0 atom stereocenters. The molecule has 34 heavy (non-hydrogen) atoms. The van der Waals surface area contributed by atoms with Crippen molar-refractivity contribution >= 4 is 0 Å². The largest absolute Gasteiger partial charge is 0.384 e. The van der Waals surface area contributed by atoms with E-state index in [0.29, 0.717) is 35.3 Å². The van der Waals surface area contributed by atoms with Gasteiger partial charge in [-0.15, -0.1) is 0 Å². The Labute approximate surface area is 205 Å². The van der Waals surface area contributed by atoms with E-state index >= 15 is 4.39 Å². The summed E-state index contributed by atoms with van der Waals surface area (Å²) in [5.41, 5.74) is 2.97. The summed E-state index contributed by atoms with van der Waals surface area (Å²) in [6, 6.07) is 11.7. The van der Waals surface area contributed by atoms with Gasteiger partial charge in [0.1, 0.15) is 0 Å². The number of methoxy groups -OCH3 is 1. The van der Waals surface area contributed by atoms with E-state index in [-0.39, 0.29) is 0 Å². The van der Waals surface area contributed by atoms with Gasteiger partial charge >= 0.3 is 0 Å². The van der Waals surface area contributed by atoms with E-state index in [2.05, 4.69) is 19.1 Å². The van der Waals surface area contributed by atoms with Crippen molar-refractivity contribution in [2.75, 3.05) is 13.7 Å². The van der Waals surface area contributed by atoms with Crippen molar-refractivity contribution in [3.8, 4) is 11.1 Å². The predicted octanol–water partition coefficient (Wildman–Crippen LogP) is 9.09. The second kappa shape index (κ2) is 12.3. The molecule has 186 valence electrons. The standard InChI is InChI=1S/C31H42F2O/c1-3-4-22-5-7-23(8-6-22)9-14-28-19-20-29(31(33)30(28)32)27-17-15-26(16-18-27)25-12-10-24(11-13-25)21-34-2/h15-20,22-25H,3-14,21H2,1-2H3. The first-order chi connectivity index (χ1) is 16.6. The third-order valence-electron chi connectivity index (χ3n) is 8.59. The normalized spacial score (nSPS) is 25.4. The molecule has 1 nitrogen and oxygen atoms in total. The van der Waals surface area contributed by atoms with Crippen LogP contribution in [0.25, 0.3) is 11.1 Å². The molecule has 0 saturated heterocycles. The molecule has 2 aliphatic carbocycles. The first-order valence-electron chi connectivity index (χ1n) is 13.6. The first-order valence-corrected chi connectivity index (χ1v) is 13.6. The fourth-order valence-electron chi connectivity index (χ4n) is 6.42. The van der Waals surface area contributed by atoms with Crippen molar-refractivity contribution in [1.82, 2.24) is 0 Å². The van der Waals surface area contributed by atoms with Crippen LogP contribution < -0.4 is 0 Å². The van der Waals surface area contributed by atoms with E-state index in [1.807, 2.05) is 12.1 Å². The van der Waals surface area contributed by atoms with Crippen molar-refractivity contribution in [3.05, 3.63) is 59.2 Å². The second-order valence-corrected chi connectivity index (χ2v) is 10.9. The molecule has 0 N–H and O–H groups in total. The van der Waals surface area contributed by atoms with E-state index in [1.54, 1.807) is 19.2 Å². The van der Waals surface area contributed by atoms with Gasteiger partial charge in [-0.2, -0.15) is 0 Å². The monoisotopic (exact) mass is 468 g/mol. The highest BCUT2D eigenvalue weighted by atomic mass is 19.2. The maximum absolute atomic E-state index is 15.0. The van der Waals surface area contributed by atoms with Crippen molar-refractivity contribution in [3.63, 3.8) is 0 Å². The highest BCUT2D eigenvalue weighted by molar-refractivity contribution is 5.65. The van der Waals surface area contributed by atoms with Crippen LogP contribution in [0.3, 0.4) is 0 Å². The molecule has 2 aromatic rings. The highest BCUT2D eigenvalue weighted by Crippen LogP contribution is 2.37. The average molecular weight is 469 g/mol. The Hall–Kier alpha value is -1.74. The zero-order valence-electron chi connectivity index (χ0n) is 21.1. The zero-order chi connectivity index (χ0) is 23.9. The molecule has 0 bridgehead atoms. The fourth-order valence-corrected chi connectivity index (χ4v) is 6.42. The molecule has 2 saturated carbocycles. The summed E-state index contributed by atoms with van der Waals surface area (Å²) in [6.07, 6.45) is 14.0. The van der Waals surface area contributed by atoms with Gasteiger partial charge in [0.2, 0.25) is 0 Å². The van der Waals surface area contributed by atoms with Crippen molar-refractivity contribution in [2.24, 2.45) is 17.8 Å². The Kier molecular flexibility index (Phi) is 9.17. The number of aryl methyl sites for hydroxylation is 1. The molecule has 0 heterocycles. The van der Waals surface area contributed by atoms with E-state index < -0.39 is 11.6 Å². The van der Waals surface area contributed by atoms with Crippen molar-refractivity contribution in [2.45, 2.75) is 89.9 Å². The minimum atomic E-state index is -0.697. The number of halogens is 2. The van der Waals surface area contributed by atoms with Crippen LogP contribution in [-0.4, -0.2) is 13.7 Å². The molecule has 0 unspecified atom stereocenters. The molecule has 0 spiro atoms. The number of hydrogen-bond donors (Lipinski definition) is 0. The van der Waals surface area contributed by atoms with Gasteiger partial charge in [0, 0.05) is 19.3 Å². The number of ether oxygens (including phenoxy) is 1. The highest BCUT2D eigenvalue weighted by Gasteiger charge is 2.23. The average Bonchev–Trinajstić information content (AvgIpc) is 2.87. The van der Waals surface area contributed by atoms with Gasteiger partial charge < -0.3 is 4.74 Å².